The molecule has 1 aromatic rings. The number of nitrogens with zero attached hydrogens (tertiary/aromatic N) is 1. The predicted octanol–water partition coefficient (Wildman–Crippen LogP) is 1.35. The molecule has 8 heteroatoms. The second kappa shape index (κ2) is 7.18. The Morgan fingerprint density at radius 3 is 2.29 bits per heavy atom. The lowest BCUT2D eigenvalue weighted by Crippen LogP contribution is -2.52. The van der Waals surface area contributed by atoms with Gasteiger partial charge in [0.1, 0.15) is 5.54 Å². The topological polar surface area (TPSA) is 91.4 Å². The molecule has 0 aliphatic carbocycles. The zero-order valence-corrected chi connectivity index (χ0v) is 16.3. The fourth-order valence-corrected chi connectivity index (χ4v) is 4.13. The van der Waals surface area contributed by atoms with Crippen LogP contribution in [0.5, 0.6) is 11.5 Å². The molecule has 1 amide bonds. The number of fused-ring (bicyclic) bond motifs is 3. The van der Waals surface area contributed by atoms with Crippen molar-refractivity contribution in [1.29, 1.82) is 0 Å². The molecule has 0 aromatic heterocycles. The van der Waals surface area contributed by atoms with E-state index in [0.29, 0.717) is 30.0 Å². The standard InChI is InChI=1S/C20H23NO7/c1-6-20-14-10-16(26-5)15(25-4)9-13(14)7-8-21(20)19(24)17(27-11(2)22)18(20)28-12(3)23/h6,9-10,17-18H,1,7-8H2,2-5H3/t17-,18-,20+/m1/s1. The fraction of sp³-hybridized carbons (Fsp3) is 0.450. The minimum absolute atomic E-state index is 0.350. The van der Waals surface area contributed by atoms with Gasteiger partial charge in [-0.15, -0.1) is 6.58 Å². The summed E-state index contributed by atoms with van der Waals surface area (Å²) in [6.45, 7) is 6.72. The summed E-state index contributed by atoms with van der Waals surface area (Å²) in [4.78, 5) is 38.1. The Kier molecular flexibility index (Phi) is 5.06. The quantitative estimate of drug-likeness (QED) is 0.554. The van der Waals surface area contributed by atoms with Gasteiger partial charge < -0.3 is 23.8 Å². The summed E-state index contributed by atoms with van der Waals surface area (Å²) >= 11 is 0. The monoisotopic (exact) mass is 389 g/mol. The molecule has 1 saturated heterocycles. The summed E-state index contributed by atoms with van der Waals surface area (Å²) in [6.07, 6.45) is -0.211. The highest BCUT2D eigenvalue weighted by Crippen LogP contribution is 2.50. The van der Waals surface area contributed by atoms with Gasteiger partial charge in [-0.05, 0) is 29.7 Å². The first kappa shape index (κ1) is 19.7. The zero-order chi connectivity index (χ0) is 20.6. The van der Waals surface area contributed by atoms with Crippen molar-refractivity contribution >= 4 is 17.8 Å². The third-order valence-electron chi connectivity index (χ3n) is 5.21. The highest BCUT2D eigenvalue weighted by molar-refractivity contribution is 5.90. The molecule has 28 heavy (non-hydrogen) atoms. The van der Waals surface area contributed by atoms with E-state index >= 15 is 0 Å². The molecular formula is C20H23NO7. The Hall–Kier alpha value is -3.03. The molecular weight excluding hydrogens is 366 g/mol. The number of hydrogen-bond acceptors (Lipinski definition) is 7. The van der Waals surface area contributed by atoms with E-state index in [9.17, 15) is 14.4 Å². The summed E-state index contributed by atoms with van der Waals surface area (Å²) in [6, 6.07) is 3.59. The van der Waals surface area contributed by atoms with Gasteiger partial charge in [0.2, 0.25) is 6.10 Å². The number of benzene rings is 1. The molecule has 1 aromatic carbocycles. The number of amides is 1. The van der Waals surface area contributed by atoms with Crippen LogP contribution in [0.3, 0.4) is 0 Å². The van der Waals surface area contributed by atoms with Crippen LogP contribution >= 0.6 is 0 Å². The van der Waals surface area contributed by atoms with Gasteiger partial charge in [0, 0.05) is 20.4 Å². The van der Waals surface area contributed by atoms with E-state index in [2.05, 4.69) is 6.58 Å². The van der Waals surface area contributed by atoms with Crippen LogP contribution in [0.15, 0.2) is 24.8 Å². The molecule has 0 radical (unpaired) electrons. The van der Waals surface area contributed by atoms with Crippen LogP contribution in [0.1, 0.15) is 25.0 Å². The first-order valence-corrected chi connectivity index (χ1v) is 8.85. The van der Waals surface area contributed by atoms with Crippen molar-refractivity contribution in [2.75, 3.05) is 20.8 Å². The Morgan fingerprint density at radius 1 is 1.14 bits per heavy atom. The lowest BCUT2D eigenvalue weighted by molar-refractivity contribution is -0.167. The van der Waals surface area contributed by atoms with Crippen LogP contribution in [0.4, 0.5) is 0 Å². The minimum Gasteiger partial charge on any atom is -0.493 e. The maximum atomic E-state index is 13.1. The highest BCUT2D eigenvalue weighted by Gasteiger charge is 2.63. The molecule has 3 atom stereocenters. The van der Waals surface area contributed by atoms with Crippen molar-refractivity contribution in [2.24, 2.45) is 0 Å². The fourth-order valence-electron chi connectivity index (χ4n) is 4.13. The maximum Gasteiger partial charge on any atom is 0.303 e. The van der Waals surface area contributed by atoms with Gasteiger partial charge in [0.15, 0.2) is 17.6 Å². The van der Waals surface area contributed by atoms with Gasteiger partial charge in [-0.1, -0.05) is 6.08 Å². The molecule has 2 aliphatic rings. The van der Waals surface area contributed by atoms with Gasteiger partial charge in [-0.3, -0.25) is 14.4 Å². The third-order valence-corrected chi connectivity index (χ3v) is 5.21. The van der Waals surface area contributed by atoms with Crippen molar-refractivity contribution in [3.63, 3.8) is 0 Å². The van der Waals surface area contributed by atoms with Gasteiger partial charge in [-0.25, -0.2) is 0 Å². The second-order valence-electron chi connectivity index (χ2n) is 6.69. The Bertz CT molecular complexity index is 849. The van der Waals surface area contributed by atoms with Gasteiger partial charge in [-0.2, -0.15) is 0 Å². The second-order valence-corrected chi connectivity index (χ2v) is 6.69. The van der Waals surface area contributed by atoms with E-state index in [1.54, 1.807) is 24.2 Å². The largest absolute Gasteiger partial charge is 0.493 e. The number of methoxy groups -OCH3 is 2. The Labute approximate surface area is 163 Å². The van der Waals surface area contributed by atoms with Crippen LogP contribution in [-0.4, -0.2) is 55.7 Å². The maximum absolute atomic E-state index is 13.1. The minimum atomic E-state index is -1.25. The summed E-state index contributed by atoms with van der Waals surface area (Å²) in [5.41, 5.74) is 0.415. The molecule has 150 valence electrons. The van der Waals surface area contributed by atoms with E-state index in [4.69, 9.17) is 18.9 Å². The molecule has 0 N–H and O–H groups in total. The number of carbonyl (C=O) groups excluding carboxylic acids is 3. The molecule has 2 heterocycles. The average Bonchev–Trinajstić information content (AvgIpc) is 2.88. The summed E-state index contributed by atoms with van der Waals surface area (Å²) in [5, 5.41) is 0. The van der Waals surface area contributed by atoms with Gasteiger partial charge >= 0.3 is 11.9 Å². The molecule has 0 bridgehead atoms. The number of rotatable bonds is 5. The van der Waals surface area contributed by atoms with Crippen molar-refractivity contribution in [3.8, 4) is 11.5 Å². The smallest absolute Gasteiger partial charge is 0.303 e. The van der Waals surface area contributed by atoms with E-state index in [-0.39, 0.29) is 0 Å². The number of hydrogen-bond donors (Lipinski definition) is 0. The van der Waals surface area contributed by atoms with Crippen LogP contribution in [0.25, 0.3) is 0 Å². The summed E-state index contributed by atoms with van der Waals surface area (Å²) < 4.78 is 21.6. The van der Waals surface area contributed by atoms with Crippen molar-refractivity contribution in [1.82, 2.24) is 4.90 Å². The lowest BCUT2D eigenvalue weighted by atomic mass is 9.78. The van der Waals surface area contributed by atoms with E-state index < -0.39 is 35.6 Å². The molecule has 0 saturated carbocycles. The van der Waals surface area contributed by atoms with Crippen LogP contribution in [0.2, 0.25) is 0 Å². The van der Waals surface area contributed by atoms with Crippen LogP contribution in [0, 0.1) is 0 Å². The lowest BCUT2D eigenvalue weighted by Gasteiger charge is -2.43. The predicted molar refractivity (Wildman–Crippen MR) is 97.9 cm³/mol. The highest BCUT2D eigenvalue weighted by atomic mass is 16.6. The molecule has 0 unspecified atom stereocenters. The Morgan fingerprint density at radius 2 is 1.75 bits per heavy atom. The zero-order valence-electron chi connectivity index (χ0n) is 16.3. The number of esters is 2. The van der Waals surface area contributed by atoms with Crippen LogP contribution in [-0.2, 0) is 35.8 Å². The van der Waals surface area contributed by atoms with Crippen LogP contribution < -0.4 is 9.47 Å². The first-order valence-electron chi connectivity index (χ1n) is 8.85. The first-order chi connectivity index (χ1) is 13.3. The van der Waals surface area contributed by atoms with E-state index in [1.165, 1.54) is 21.0 Å². The number of ether oxygens (including phenoxy) is 4. The van der Waals surface area contributed by atoms with Gasteiger partial charge in [0.05, 0.1) is 14.2 Å². The van der Waals surface area contributed by atoms with E-state index in [1.807, 2.05) is 6.07 Å². The normalized spacial score (nSPS) is 25.4. The van der Waals surface area contributed by atoms with Crippen molar-refractivity contribution < 1.29 is 33.3 Å². The molecule has 3 rings (SSSR count). The molecule has 2 aliphatic heterocycles. The van der Waals surface area contributed by atoms with E-state index in [0.717, 1.165) is 5.56 Å². The molecule has 8 nitrogen and oxygen atoms in total. The molecule has 1 fully saturated rings. The molecule has 0 spiro atoms. The van der Waals surface area contributed by atoms with Gasteiger partial charge in [0.25, 0.3) is 5.91 Å². The SMILES string of the molecule is C=C[C@@]12c3cc(OC)c(OC)cc3CCN1C(=O)[C@H](OC(C)=O)[C@H]2OC(C)=O. The summed E-state index contributed by atoms with van der Waals surface area (Å²) in [7, 11) is 3.05. The Balaban J connectivity index is 2.25. The third kappa shape index (κ3) is 2.80. The summed E-state index contributed by atoms with van der Waals surface area (Å²) in [5.74, 6) is -0.636. The van der Waals surface area contributed by atoms with Crippen molar-refractivity contribution in [3.05, 3.63) is 35.9 Å². The number of carbonyl (C=O) groups is 3. The average molecular weight is 389 g/mol. The van der Waals surface area contributed by atoms with Crippen molar-refractivity contribution in [2.45, 2.75) is 38.0 Å².